The first kappa shape index (κ1) is 11.9. The molecule has 0 spiro atoms. The number of nitriles is 1. The van der Waals surface area contributed by atoms with Crippen LogP contribution in [0.1, 0.15) is 25.3 Å². The highest BCUT2D eigenvalue weighted by Crippen LogP contribution is 2.27. The Kier molecular flexibility index (Phi) is 3.30. The lowest BCUT2D eigenvalue weighted by Gasteiger charge is -2.38. The van der Waals surface area contributed by atoms with Crippen molar-refractivity contribution in [2.75, 3.05) is 20.1 Å². The molecule has 1 aromatic rings. The van der Waals surface area contributed by atoms with Crippen LogP contribution in [0.15, 0.2) is 18.3 Å². The highest BCUT2D eigenvalue weighted by Gasteiger charge is 2.32. The van der Waals surface area contributed by atoms with Crippen LogP contribution in [0.2, 0.25) is 0 Å². The van der Waals surface area contributed by atoms with Gasteiger partial charge in [0.1, 0.15) is 17.2 Å². The van der Waals surface area contributed by atoms with Crippen molar-refractivity contribution in [3.8, 4) is 11.9 Å². The quantitative estimate of drug-likeness (QED) is 0.779. The van der Waals surface area contributed by atoms with Crippen molar-refractivity contribution in [1.82, 2.24) is 9.88 Å². The molecule has 1 saturated heterocycles. The van der Waals surface area contributed by atoms with Crippen molar-refractivity contribution in [3.05, 3.63) is 23.9 Å². The first-order valence-corrected chi connectivity index (χ1v) is 5.86. The molecule has 4 heteroatoms. The van der Waals surface area contributed by atoms with Crippen molar-refractivity contribution < 1.29 is 4.74 Å². The van der Waals surface area contributed by atoms with Gasteiger partial charge in [-0.05, 0) is 45.5 Å². The number of likely N-dealkylation sites (tertiary alicyclic amines) is 1. The average Bonchev–Trinajstić information content (AvgIpc) is 2.29. The van der Waals surface area contributed by atoms with E-state index >= 15 is 0 Å². The third-order valence-corrected chi connectivity index (χ3v) is 3.08. The Hall–Kier alpha value is -1.60. The molecule has 1 aliphatic rings. The van der Waals surface area contributed by atoms with Gasteiger partial charge >= 0.3 is 0 Å². The number of hydrogen-bond donors (Lipinski definition) is 0. The van der Waals surface area contributed by atoms with E-state index in [1.54, 1.807) is 18.3 Å². The van der Waals surface area contributed by atoms with Crippen LogP contribution in [-0.4, -0.2) is 35.6 Å². The minimum atomic E-state index is -0.243. The van der Waals surface area contributed by atoms with Crippen LogP contribution < -0.4 is 4.74 Å². The lowest BCUT2D eigenvalue weighted by atomic mass is 9.95. The summed E-state index contributed by atoms with van der Waals surface area (Å²) in [5, 5.41) is 9.00. The molecule has 0 saturated carbocycles. The van der Waals surface area contributed by atoms with Gasteiger partial charge in [0.15, 0.2) is 0 Å². The molecule has 17 heavy (non-hydrogen) atoms. The maximum Gasteiger partial charge on any atom is 0.232 e. The number of hydrogen-bond acceptors (Lipinski definition) is 4. The third-order valence-electron chi connectivity index (χ3n) is 3.08. The van der Waals surface area contributed by atoms with Crippen LogP contribution in [0.4, 0.5) is 0 Å². The zero-order valence-corrected chi connectivity index (χ0v) is 10.3. The number of piperidine rings is 1. The summed E-state index contributed by atoms with van der Waals surface area (Å²) in [4.78, 5) is 6.40. The first-order chi connectivity index (χ1) is 8.13. The van der Waals surface area contributed by atoms with E-state index in [2.05, 4.69) is 29.9 Å². The molecule has 0 bridgehead atoms. The number of ether oxygens (including phenoxy) is 1. The van der Waals surface area contributed by atoms with Crippen molar-refractivity contribution in [1.29, 1.82) is 5.26 Å². The van der Waals surface area contributed by atoms with Gasteiger partial charge in [-0.25, -0.2) is 4.98 Å². The standard InChI is InChI=1S/C13H17N3O/c1-13(6-4-8-16(2)10-13)17-12-11(9-14)5-3-7-15-12/h3,5,7H,4,6,8,10H2,1-2H3. The van der Waals surface area contributed by atoms with Crippen molar-refractivity contribution in [3.63, 3.8) is 0 Å². The molecule has 0 radical (unpaired) electrons. The summed E-state index contributed by atoms with van der Waals surface area (Å²) in [6, 6.07) is 5.60. The second-order valence-electron chi connectivity index (χ2n) is 4.86. The second kappa shape index (κ2) is 4.72. The van der Waals surface area contributed by atoms with E-state index in [-0.39, 0.29) is 5.60 Å². The van der Waals surface area contributed by atoms with Gasteiger partial charge in [0.25, 0.3) is 0 Å². The molecule has 0 N–H and O–H groups in total. The molecule has 0 amide bonds. The maximum atomic E-state index is 9.00. The van der Waals surface area contributed by atoms with E-state index in [4.69, 9.17) is 10.00 Å². The highest BCUT2D eigenvalue weighted by atomic mass is 16.5. The van der Waals surface area contributed by atoms with Crippen molar-refractivity contribution in [2.24, 2.45) is 0 Å². The summed E-state index contributed by atoms with van der Waals surface area (Å²) in [5.41, 5.74) is 0.259. The van der Waals surface area contributed by atoms with Crippen LogP contribution in [0.5, 0.6) is 5.88 Å². The zero-order chi connectivity index (χ0) is 12.3. The van der Waals surface area contributed by atoms with Gasteiger partial charge in [0.05, 0.1) is 0 Å². The summed E-state index contributed by atoms with van der Waals surface area (Å²) >= 11 is 0. The van der Waals surface area contributed by atoms with E-state index in [0.29, 0.717) is 11.4 Å². The molecule has 1 atom stereocenters. The predicted molar refractivity (Wildman–Crippen MR) is 64.7 cm³/mol. The summed E-state index contributed by atoms with van der Waals surface area (Å²) < 4.78 is 5.96. The molecule has 0 aromatic carbocycles. The third kappa shape index (κ3) is 2.75. The number of nitrogens with zero attached hydrogens (tertiary/aromatic N) is 3. The largest absolute Gasteiger partial charge is 0.469 e. The van der Waals surface area contributed by atoms with Gasteiger partial charge in [0.2, 0.25) is 5.88 Å². The van der Waals surface area contributed by atoms with Crippen LogP contribution in [0.3, 0.4) is 0 Å². The minimum Gasteiger partial charge on any atom is -0.469 e. The number of rotatable bonds is 2. The Morgan fingerprint density at radius 1 is 1.59 bits per heavy atom. The molecule has 1 fully saturated rings. The topological polar surface area (TPSA) is 49.1 Å². The maximum absolute atomic E-state index is 9.00. The molecular formula is C13H17N3O. The lowest BCUT2D eigenvalue weighted by Crippen LogP contribution is -2.48. The van der Waals surface area contributed by atoms with Crippen molar-refractivity contribution in [2.45, 2.75) is 25.4 Å². The zero-order valence-electron chi connectivity index (χ0n) is 10.3. The monoisotopic (exact) mass is 231 g/mol. The summed E-state index contributed by atoms with van der Waals surface area (Å²) in [7, 11) is 2.09. The normalized spacial score (nSPS) is 25.2. The van der Waals surface area contributed by atoms with Crippen molar-refractivity contribution >= 4 is 0 Å². The fourth-order valence-electron chi connectivity index (χ4n) is 2.33. The number of pyridine rings is 1. The summed E-state index contributed by atoms with van der Waals surface area (Å²) in [6.07, 6.45) is 3.77. The van der Waals surface area contributed by atoms with E-state index < -0.39 is 0 Å². The van der Waals surface area contributed by atoms with Crippen LogP contribution >= 0.6 is 0 Å². The molecule has 2 rings (SSSR count). The molecule has 90 valence electrons. The summed E-state index contributed by atoms with van der Waals surface area (Å²) in [6.45, 7) is 4.05. The van der Waals surface area contributed by atoms with Gasteiger partial charge < -0.3 is 9.64 Å². The van der Waals surface area contributed by atoms with Gasteiger partial charge in [-0.3, -0.25) is 0 Å². The molecule has 0 aliphatic carbocycles. The molecule has 1 unspecified atom stereocenters. The van der Waals surface area contributed by atoms with Gasteiger partial charge in [-0.2, -0.15) is 5.26 Å². The predicted octanol–water partition coefficient (Wildman–Crippen LogP) is 1.82. The Labute approximate surface area is 102 Å². The SMILES string of the molecule is CN1CCCC(C)(Oc2ncccc2C#N)C1. The molecule has 1 aromatic heterocycles. The Morgan fingerprint density at radius 2 is 2.41 bits per heavy atom. The fraction of sp³-hybridized carbons (Fsp3) is 0.538. The van der Waals surface area contributed by atoms with Gasteiger partial charge in [-0.1, -0.05) is 0 Å². The minimum absolute atomic E-state index is 0.243. The Morgan fingerprint density at radius 3 is 3.12 bits per heavy atom. The van der Waals surface area contributed by atoms with E-state index in [9.17, 15) is 0 Å². The Bertz CT molecular complexity index is 441. The van der Waals surface area contributed by atoms with Crippen LogP contribution in [-0.2, 0) is 0 Å². The van der Waals surface area contributed by atoms with E-state index in [1.165, 1.54) is 0 Å². The first-order valence-electron chi connectivity index (χ1n) is 5.86. The second-order valence-corrected chi connectivity index (χ2v) is 4.86. The highest BCUT2D eigenvalue weighted by molar-refractivity contribution is 5.37. The number of likely N-dealkylation sites (N-methyl/N-ethyl adjacent to an activating group) is 1. The molecule has 1 aliphatic heterocycles. The molecule has 2 heterocycles. The number of aromatic nitrogens is 1. The Balaban J connectivity index is 2.17. The lowest BCUT2D eigenvalue weighted by molar-refractivity contribution is 0.0118. The van der Waals surface area contributed by atoms with Gasteiger partial charge in [0, 0.05) is 12.7 Å². The summed E-state index contributed by atoms with van der Waals surface area (Å²) in [5.74, 6) is 0.452. The average molecular weight is 231 g/mol. The molecular weight excluding hydrogens is 214 g/mol. The van der Waals surface area contributed by atoms with E-state index in [0.717, 1.165) is 25.9 Å². The van der Waals surface area contributed by atoms with E-state index in [1.807, 2.05) is 0 Å². The smallest absolute Gasteiger partial charge is 0.232 e. The van der Waals surface area contributed by atoms with Crippen LogP contribution in [0, 0.1) is 11.3 Å². The fourth-order valence-corrected chi connectivity index (χ4v) is 2.33. The van der Waals surface area contributed by atoms with Gasteiger partial charge in [-0.15, -0.1) is 0 Å². The van der Waals surface area contributed by atoms with Crippen LogP contribution in [0.25, 0.3) is 0 Å². The molecule has 4 nitrogen and oxygen atoms in total.